The number of anilines is 1. The van der Waals surface area contributed by atoms with Crippen molar-refractivity contribution in [2.75, 3.05) is 10.8 Å². The SMILES string of the molecule is NOCc1ccc(S(=O)(=O)N2CCc3ccccc32)cc1. The molecular weight excluding hydrogens is 288 g/mol. The molecule has 0 unspecified atom stereocenters. The van der Waals surface area contributed by atoms with Crippen molar-refractivity contribution in [3.63, 3.8) is 0 Å². The second kappa shape index (κ2) is 5.48. The summed E-state index contributed by atoms with van der Waals surface area (Å²) >= 11 is 0. The minimum Gasteiger partial charge on any atom is -0.300 e. The maximum atomic E-state index is 12.7. The van der Waals surface area contributed by atoms with Crippen molar-refractivity contribution < 1.29 is 13.3 Å². The highest BCUT2D eigenvalue weighted by atomic mass is 32.2. The quantitative estimate of drug-likeness (QED) is 0.875. The van der Waals surface area contributed by atoms with Crippen LogP contribution in [0.25, 0.3) is 0 Å². The van der Waals surface area contributed by atoms with Crippen LogP contribution in [0.3, 0.4) is 0 Å². The lowest BCUT2D eigenvalue weighted by atomic mass is 10.2. The molecule has 21 heavy (non-hydrogen) atoms. The number of benzene rings is 2. The highest BCUT2D eigenvalue weighted by Gasteiger charge is 2.30. The van der Waals surface area contributed by atoms with Crippen LogP contribution in [0.4, 0.5) is 5.69 Å². The van der Waals surface area contributed by atoms with Crippen molar-refractivity contribution in [3.8, 4) is 0 Å². The molecule has 1 heterocycles. The third-order valence-electron chi connectivity index (χ3n) is 3.61. The summed E-state index contributed by atoms with van der Waals surface area (Å²) in [6.45, 7) is 0.738. The zero-order valence-electron chi connectivity index (χ0n) is 11.4. The van der Waals surface area contributed by atoms with Crippen LogP contribution in [0.1, 0.15) is 11.1 Å². The molecule has 0 bridgehead atoms. The van der Waals surface area contributed by atoms with E-state index in [0.717, 1.165) is 23.2 Å². The lowest BCUT2D eigenvalue weighted by Crippen LogP contribution is -2.29. The van der Waals surface area contributed by atoms with Crippen LogP contribution < -0.4 is 10.2 Å². The lowest BCUT2D eigenvalue weighted by molar-refractivity contribution is 0.124. The number of hydrogen-bond acceptors (Lipinski definition) is 4. The predicted octanol–water partition coefficient (Wildman–Crippen LogP) is 1.83. The van der Waals surface area contributed by atoms with E-state index in [1.165, 1.54) is 4.31 Å². The van der Waals surface area contributed by atoms with E-state index in [4.69, 9.17) is 5.90 Å². The standard InChI is InChI=1S/C15H16N2O3S/c16-20-11-12-5-7-14(8-6-12)21(18,19)17-10-9-13-3-1-2-4-15(13)17/h1-8H,9-11,16H2. The number of fused-ring (bicyclic) bond motifs is 1. The molecule has 0 aliphatic carbocycles. The molecule has 2 N–H and O–H groups in total. The minimum absolute atomic E-state index is 0.257. The first-order chi connectivity index (χ1) is 10.1. The van der Waals surface area contributed by atoms with Gasteiger partial charge in [0.25, 0.3) is 10.0 Å². The second-order valence-electron chi connectivity index (χ2n) is 4.91. The fourth-order valence-corrected chi connectivity index (χ4v) is 4.04. The van der Waals surface area contributed by atoms with Crippen LogP contribution in [0.2, 0.25) is 0 Å². The molecule has 0 spiro atoms. The van der Waals surface area contributed by atoms with Gasteiger partial charge in [-0.3, -0.25) is 9.14 Å². The molecule has 6 heteroatoms. The molecule has 0 amide bonds. The maximum absolute atomic E-state index is 12.7. The first-order valence-corrected chi connectivity index (χ1v) is 8.08. The van der Waals surface area contributed by atoms with Gasteiger partial charge in [-0.15, -0.1) is 0 Å². The molecule has 2 aromatic rings. The molecule has 3 rings (SSSR count). The molecule has 0 aromatic heterocycles. The minimum atomic E-state index is -3.52. The Kier molecular flexibility index (Phi) is 3.67. The largest absolute Gasteiger partial charge is 0.300 e. The summed E-state index contributed by atoms with van der Waals surface area (Å²) in [7, 11) is -3.52. The van der Waals surface area contributed by atoms with Gasteiger partial charge in [-0.25, -0.2) is 14.3 Å². The molecule has 5 nitrogen and oxygen atoms in total. The van der Waals surface area contributed by atoms with Gasteiger partial charge in [0.1, 0.15) is 0 Å². The van der Waals surface area contributed by atoms with E-state index in [9.17, 15) is 8.42 Å². The Morgan fingerprint density at radius 2 is 1.81 bits per heavy atom. The van der Waals surface area contributed by atoms with Gasteiger partial charge in [0, 0.05) is 6.54 Å². The number of nitrogens with zero attached hydrogens (tertiary/aromatic N) is 1. The lowest BCUT2D eigenvalue weighted by Gasteiger charge is -2.19. The Balaban J connectivity index is 1.94. The van der Waals surface area contributed by atoms with Gasteiger partial charge in [0.05, 0.1) is 17.2 Å². The van der Waals surface area contributed by atoms with Crippen LogP contribution in [0.15, 0.2) is 53.4 Å². The van der Waals surface area contributed by atoms with Crippen LogP contribution in [-0.4, -0.2) is 15.0 Å². The molecule has 2 aromatic carbocycles. The number of hydrogen-bond donors (Lipinski definition) is 1. The molecule has 0 radical (unpaired) electrons. The van der Waals surface area contributed by atoms with E-state index >= 15 is 0 Å². The van der Waals surface area contributed by atoms with Gasteiger partial charge >= 0.3 is 0 Å². The van der Waals surface area contributed by atoms with Crippen molar-refractivity contribution in [3.05, 3.63) is 59.7 Å². The second-order valence-corrected chi connectivity index (χ2v) is 6.77. The number of para-hydroxylation sites is 1. The summed E-state index contributed by atoms with van der Waals surface area (Å²) in [5.74, 6) is 5.01. The van der Waals surface area contributed by atoms with Gasteiger partial charge in [-0.2, -0.15) is 0 Å². The molecule has 1 aliphatic heterocycles. The Morgan fingerprint density at radius 3 is 2.52 bits per heavy atom. The van der Waals surface area contributed by atoms with E-state index in [-0.39, 0.29) is 11.5 Å². The third kappa shape index (κ3) is 2.53. The predicted molar refractivity (Wildman–Crippen MR) is 80.1 cm³/mol. The average Bonchev–Trinajstić information content (AvgIpc) is 2.93. The van der Waals surface area contributed by atoms with Crippen molar-refractivity contribution in [2.24, 2.45) is 5.90 Å². The normalized spacial score (nSPS) is 14.2. The van der Waals surface area contributed by atoms with Crippen molar-refractivity contribution in [2.45, 2.75) is 17.9 Å². The Hall–Kier alpha value is -1.89. The average molecular weight is 304 g/mol. The summed E-state index contributed by atoms with van der Waals surface area (Å²) in [4.78, 5) is 4.82. The van der Waals surface area contributed by atoms with E-state index in [2.05, 4.69) is 4.84 Å². The molecule has 0 fully saturated rings. The van der Waals surface area contributed by atoms with Gasteiger partial charge in [0.15, 0.2) is 0 Å². The van der Waals surface area contributed by atoms with Crippen molar-refractivity contribution >= 4 is 15.7 Å². The first kappa shape index (κ1) is 14.1. The van der Waals surface area contributed by atoms with E-state index in [0.29, 0.717) is 6.54 Å². The molecule has 0 saturated heterocycles. The number of nitrogens with two attached hydrogens (primary N) is 1. The van der Waals surface area contributed by atoms with E-state index < -0.39 is 10.0 Å². The zero-order valence-corrected chi connectivity index (χ0v) is 12.2. The van der Waals surface area contributed by atoms with Gasteiger partial charge < -0.3 is 0 Å². The highest BCUT2D eigenvalue weighted by Crippen LogP contribution is 2.32. The molecule has 0 saturated carbocycles. The summed E-state index contributed by atoms with van der Waals surface area (Å²) < 4.78 is 26.9. The molecule has 1 aliphatic rings. The van der Waals surface area contributed by atoms with Crippen molar-refractivity contribution in [1.82, 2.24) is 0 Å². The summed E-state index contributed by atoms with van der Waals surface area (Å²) in [5, 5.41) is 0. The number of rotatable bonds is 4. The topological polar surface area (TPSA) is 72.6 Å². The monoisotopic (exact) mass is 304 g/mol. The first-order valence-electron chi connectivity index (χ1n) is 6.64. The molecular formula is C15H16N2O3S. The van der Waals surface area contributed by atoms with E-state index in [1.54, 1.807) is 24.3 Å². The van der Waals surface area contributed by atoms with Crippen LogP contribution in [0, 0.1) is 0 Å². The van der Waals surface area contributed by atoms with E-state index in [1.807, 2.05) is 24.3 Å². The fourth-order valence-electron chi connectivity index (χ4n) is 2.54. The van der Waals surface area contributed by atoms with Crippen LogP contribution in [-0.2, 0) is 27.9 Å². The number of sulfonamides is 1. The third-order valence-corrected chi connectivity index (χ3v) is 5.43. The Bertz CT molecular complexity index is 742. The smallest absolute Gasteiger partial charge is 0.264 e. The molecule has 110 valence electrons. The van der Waals surface area contributed by atoms with Crippen LogP contribution >= 0.6 is 0 Å². The fraction of sp³-hybridized carbons (Fsp3) is 0.200. The van der Waals surface area contributed by atoms with Gasteiger partial charge in [-0.1, -0.05) is 30.3 Å². The highest BCUT2D eigenvalue weighted by molar-refractivity contribution is 7.92. The summed E-state index contributed by atoms with van der Waals surface area (Å²) in [6, 6.07) is 14.2. The summed E-state index contributed by atoms with van der Waals surface area (Å²) in [6.07, 6.45) is 0.745. The van der Waals surface area contributed by atoms with Gasteiger partial charge in [-0.05, 0) is 35.7 Å². The van der Waals surface area contributed by atoms with Crippen molar-refractivity contribution in [1.29, 1.82) is 0 Å². The Morgan fingerprint density at radius 1 is 1.10 bits per heavy atom. The zero-order chi connectivity index (χ0) is 14.9. The van der Waals surface area contributed by atoms with Crippen LogP contribution in [0.5, 0.6) is 0 Å². The maximum Gasteiger partial charge on any atom is 0.264 e. The van der Waals surface area contributed by atoms with Gasteiger partial charge in [0.2, 0.25) is 0 Å². The molecule has 0 atom stereocenters. The Labute approximate surface area is 124 Å². The summed E-state index contributed by atoms with van der Waals surface area (Å²) in [5.41, 5.74) is 2.67.